The highest BCUT2D eigenvalue weighted by Crippen LogP contribution is 2.82. The van der Waals surface area contributed by atoms with Crippen LogP contribution in [0.5, 0.6) is 0 Å². The third-order valence-corrected chi connectivity index (χ3v) is 12.3. The maximum Gasteiger partial charge on any atom is 0.315 e. The fraction of sp³-hybridized carbons (Fsp3) is 0.852. The van der Waals surface area contributed by atoms with E-state index in [4.69, 9.17) is 14.2 Å². The summed E-state index contributed by atoms with van der Waals surface area (Å²) in [5.74, 6) is 0.335. The Morgan fingerprint density at radius 3 is 2.71 bits per heavy atom. The molecule has 0 aromatic heterocycles. The van der Waals surface area contributed by atoms with Crippen molar-refractivity contribution in [3.8, 4) is 0 Å². The first-order valence-corrected chi connectivity index (χ1v) is 14.0. The summed E-state index contributed by atoms with van der Waals surface area (Å²) >= 11 is 1.83. The van der Waals surface area contributed by atoms with Gasteiger partial charge in [-0.25, -0.2) is 0 Å². The zero-order chi connectivity index (χ0) is 24.2. The first-order chi connectivity index (χ1) is 16.2. The van der Waals surface area contributed by atoms with E-state index >= 15 is 0 Å². The van der Waals surface area contributed by atoms with E-state index in [2.05, 4.69) is 26.8 Å². The van der Waals surface area contributed by atoms with Crippen molar-refractivity contribution in [1.82, 2.24) is 0 Å². The standard InChI is InChI=1S/C27H38O6S/c1-13(2)19-8-16-9-25(11-28)18-7-6-14(3)17(18)10-26(16,27(19,25)24(29)30)12-32-23-22-21(34-22)20(31-5)15(4)33-23/h8,11,13-18,20-23H,6-7,9-10,12H2,1-5H3,(H,29,30)/t14-,15-,16?,17-,18-,20-,21+,22+,23-,25?,26?,27?/m1/s1. The SMILES string of the molecule is CO[C@H]1[C@@H]2S[C@@H]2[C@H](OCC23C[C@@H]4[C@H](C)CC[C@H]4C4(C=O)CC2C=C(C(C)C)C34C(=O)O)O[C@@H]1C. The number of carboxylic acids is 1. The van der Waals surface area contributed by atoms with E-state index in [1.807, 2.05) is 18.7 Å². The molecular weight excluding hydrogens is 452 g/mol. The van der Waals surface area contributed by atoms with Gasteiger partial charge in [-0.3, -0.25) is 4.79 Å². The molecule has 12 atom stereocenters. The summed E-state index contributed by atoms with van der Waals surface area (Å²) < 4.78 is 18.5. The van der Waals surface area contributed by atoms with Crippen molar-refractivity contribution in [2.24, 2.45) is 45.8 Å². The van der Waals surface area contributed by atoms with E-state index in [1.165, 1.54) is 0 Å². The zero-order valence-corrected chi connectivity index (χ0v) is 21.7. The molecule has 188 valence electrons. The van der Waals surface area contributed by atoms with Crippen LogP contribution in [-0.2, 0) is 23.8 Å². The summed E-state index contributed by atoms with van der Waals surface area (Å²) in [5.41, 5.74) is -1.66. The molecular formula is C27H38O6S. The molecule has 6 nitrogen and oxygen atoms in total. The fourth-order valence-electron chi connectivity index (χ4n) is 9.58. The molecule has 5 fully saturated rings. The first-order valence-electron chi connectivity index (χ1n) is 13.1. The number of ether oxygens (including phenoxy) is 3. The minimum atomic E-state index is -1.18. The molecule has 7 heteroatoms. The Hall–Kier alpha value is -0.890. The quantitative estimate of drug-likeness (QED) is 0.326. The lowest BCUT2D eigenvalue weighted by Gasteiger charge is -2.58. The Bertz CT molecular complexity index is 932. The van der Waals surface area contributed by atoms with Crippen LogP contribution < -0.4 is 0 Å². The highest BCUT2D eigenvalue weighted by Gasteiger charge is 2.84. The number of methoxy groups -OCH3 is 1. The van der Waals surface area contributed by atoms with Crippen LogP contribution in [-0.4, -0.2) is 60.1 Å². The number of aldehydes is 1. The Kier molecular flexibility index (Phi) is 5.23. The molecule has 4 bridgehead atoms. The smallest absolute Gasteiger partial charge is 0.315 e. The number of hydrogen-bond donors (Lipinski definition) is 1. The van der Waals surface area contributed by atoms with Crippen molar-refractivity contribution < 1.29 is 28.9 Å². The molecule has 0 aromatic rings. The lowest BCUT2D eigenvalue weighted by molar-refractivity contribution is -0.235. The largest absolute Gasteiger partial charge is 0.481 e. The van der Waals surface area contributed by atoms with Gasteiger partial charge in [0.1, 0.15) is 11.7 Å². The predicted molar refractivity (Wildman–Crippen MR) is 128 cm³/mol. The number of aliphatic carboxylic acids is 1. The van der Waals surface area contributed by atoms with Gasteiger partial charge in [-0.2, -0.15) is 0 Å². The molecule has 6 aliphatic rings. The molecule has 0 spiro atoms. The summed E-state index contributed by atoms with van der Waals surface area (Å²) in [4.78, 5) is 26.6. The van der Waals surface area contributed by atoms with E-state index in [9.17, 15) is 14.7 Å². The van der Waals surface area contributed by atoms with E-state index in [1.54, 1.807) is 7.11 Å². The van der Waals surface area contributed by atoms with Crippen LogP contribution in [0.2, 0.25) is 0 Å². The summed E-state index contributed by atoms with van der Waals surface area (Å²) in [7, 11) is 1.73. The number of carbonyl (C=O) groups excluding carboxylic acids is 1. The average molecular weight is 491 g/mol. The third-order valence-electron chi connectivity index (χ3n) is 10.9. The number of rotatable bonds is 7. The molecule has 2 saturated heterocycles. The molecule has 0 aromatic carbocycles. The lowest BCUT2D eigenvalue weighted by atomic mass is 9.43. The summed E-state index contributed by atoms with van der Waals surface area (Å²) in [6, 6.07) is 0. The number of hydrogen-bond acceptors (Lipinski definition) is 6. The topological polar surface area (TPSA) is 82.1 Å². The van der Waals surface area contributed by atoms with Gasteiger partial charge in [0, 0.05) is 12.5 Å². The highest BCUT2D eigenvalue weighted by atomic mass is 32.2. The molecule has 2 heterocycles. The van der Waals surface area contributed by atoms with Crippen LogP contribution in [0, 0.1) is 45.8 Å². The predicted octanol–water partition coefficient (Wildman–Crippen LogP) is 4.17. The second kappa shape index (κ2) is 7.56. The maximum atomic E-state index is 13.5. The minimum Gasteiger partial charge on any atom is -0.481 e. The van der Waals surface area contributed by atoms with Gasteiger partial charge in [-0.15, -0.1) is 11.8 Å². The zero-order valence-electron chi connectivity index (χ0n) is 20.9. The molecule has 2 aliphatic heterocycles. The van der Waals surface area contributed by atoms with Crippen LogP contribution in [0.3, 0.4) is 0 Å². The molecule has 3 saturated carbocycles. The van der Waals surface area contributed by atoms with Crippen molar-refractivity contribution in [3.05, 3.63) is 11.6 Å². The van der Waals surface area contributed by atoms with Crippen molar-refractivity contribution in [2.75, 3.05) is 13.7 Å². The number of carboxylic acid groups (broad SMARTS) is 1. The maximum absolute atomic E-state index is 13.5. The van der Waals surface area contributed by atoms with Gasteiger partial charge in [-0.05, 0) is 55.8 Å². The normalized spacial score (nSPS) is 54.5. The second-order valence-corrected chi connectivity index (χ2v) is 13.6. The molecule has 4 unspecified atom stereocenters. The Labute approximate surface area is 206 Å². The van der Waals surface area contributed by atoms with Crippen molar-refractivity contribution >= 4 is 24.0 Å². The Morgan fingerprint density at radius 1 is 1.29 bits per heavy atom. The van der Waals surface area contributed by atoms with E-state index in [0.717, 1.165) is 31.1 Å². The Morgan fingerprint density at radius 2 is 2.06 bits per heavy atom. The first kappa shape index (κ1) is 23.5. The molecule has 1 N–H and O–H groups in total. The van der Waals surface area contributed by atoms with Gasteiger partial charge in [0.2, 0.25) is 0 Å². The minimum absolute atomic E-state index is 0.0550. The summed E-state index contributed by atoms with van der Waals surface area (Å²) in [6.07, 6.45) is 6.44. The van der Waals surface area contributed by atoms with Crippen molar-refractivity contribution in [2.45, 2.75) is 82.4 Å². The van der Waals surface area contributed by atoms with E-state index in [0.29, 0.717) is 30.1 Å². The molecule has 34 heavy (non-hydrogen) atoms. The summed E-state index contributed by atoms with van der Waals surface area (Å²) in [6.45, 7) is 8.81. The number of allylic oxidation sites excluding steroid dienone is 1. The van der Waals surface area contributed by atoms with E-state index in [-0.39, 0.29) is 41.5 Å². The molecule has 0 amide bonds. The van der Waals surface area contributed by atoms with Crippen molar-refractivity contribution in [3.63, 3.8) is 0 Å². The molecule has 4 aliphatic carbocycles. The summed E-state index contributed by atoms with van der Waals surface area (Å²) in [5, 5.41) is 11.7. The molecule has 6 rings (SSSR count). The van der Waals surface area contributed by atoms with Crippen LogP contribution >= 0.6 is 11.8 Å². The van der Waals surface area contributed by atoms with Crippen LogP contribution in [0.25, 0.3) is 0 Å². The van der Waals surface area contributed by atoms with Gasteiger partial charge in [0.05, 0.1) is 34.7 Å². The highest BCUT2D eigenvalue weighted by molar-refractivity contribution is 8.07. The van der Waals surface area contributed by atoms with E-state index < -0.39 is 22.2 Å². The lowest BCUT2D eigenvalue weighted by Crippen LogP contribution is -2.63. The Balaban J connectivity index is 1.40. The van der Waals surface area contributed by atoms with Gasteiger partial charge in [0.25, 0.3) is 0 Å². The average Bonchev–Trinajstić information content (AvgIpc) is 3.39. The van der Waals surface area contributed by atoms with Gasteiger partial charge >= 0.3 is 5.97 Å². The molecule has 0 radical (unpaired) electrons. The van der Waals surface area contributed by atoms with Gasteiger partial charge in [0.15, 0.2) is 6.29 Å². The fourth-order valence-corrected chi connectivity index (χ4v) is 10.9. The number of fused-ring (bicyclic) bond motifs is 3. The number of carbonyl (C=O) groups is 2. The third kappa shape index (κ3) is 2.55. The van der Waals surface area contributed by atoms with Gasteiger partial charge in [-0.1, -0.05) is 38.8 Å². The van der Waals surface area contributed by atoms with Gasteiger partial charge < -0.3 is 24.1 Å². The van der Waals surface area contributed by atoms with Crippen LogP contribution in [0.4, 0.5) is 0 Å². The second-order valence-electron chi connectivity index (χ2n) is 12.3. The van der Waals surface area contributed by atoms with Crippen LogP contribution in [0.15, 0.2) is 11.6 Å². The monoisotopic (exact) mass is 490 g/mol. The number of thioether (sulfide) groups is 1. The van der Waals surface area contributed by atoms with Crippen LogP contribution in [0.1, 0.15) is 53.4 Å². The van der Waals surface area contributed by atoms with Crippen molar-refractivity contribution in [1.29, 1.82) is 0 Å².